The van der Waals surface area contributed by atoms with Crippen LogP contribution < -0.4 is 0 Å². The summed E-state index contributed by atoms with van der Waals surface area (Å²) in [4.78, 5) is 0. The van der Waals surface area contributed by atoms with Crippen LogP contribution >= 0.6 is 0 Å². The first-order valence-electron chi connectivity index (χ1n) is 5.81. The molecule has 0 saturated carbocycles. The molecule has 0 aromatic heterocycles. The standard InChI is InChI=1S/C10H8O.C6H6O2/c11-10-6-5-8-3-1-2-4-9(8)7-10;7-5-2-1-3-6(8)4-5/h1-7,11H;1-4,7-8H. The van der Waals surface area contributed by atoms with Gasteiger partial charge in [-0.05, 0) is 35.0 Å². The fourth-order valence-electron chi connectivity index (χ4n) is 1.67. The quantitative estimate of drug-likeness (QED) is 0.574. The fourth-order valence-corrected chi connectivity index (χ4v) is 1.67. The van der Waals surface area contributed by atoms with E-state index in [1.807, 2.05) is 30.3 Å². The van der Waals surface area contributed by atoms with Crippen molar-refractivity contribution >= 4 is 10.8 Å². The van der Waals surface area contributed by atoms with E-state index in [0.29, 0.717) is 5.75 Å². The molecule has 0 atom stereocenters. The van der Waals surface area contributed by atoms with Gasteiger partial charge < -0.3 is 15.3 Å². The summed E-state index contributed by atoms with van der Waals surface area (Å²) in [6, 6.07) is 19.2. The predicted octanol–water partition coefficient (Wildman–Crippen LogP) is 3.64. The van der Waals surface area contributed by atoms with E-state index < -0.39 is 0 Å². The molecule has 0 heterocycles. The summed E-state index contributed by atoms with van der Waals surface area (Å²) in [5, 5.41) is 28.7. The van der Waals surface area contributed by atoms with Gasteiger partial charge in [0.05, 0.1) is 0 Å². The third-order valence-corrected chi connectivity index (χ3v) is 2.56. The molecule has 3 heteroatoms. The predicted molar refractivity (Wildman–Crippen MR) is 75.4 cm³/mol. The zero-order valence-electron chi connectivity index (χ0n) is 10.2. The zero-order chi connectivity index (χ0) is 13.7. The Hall–Kier alpha value is -2.68. The second-order valence-electron chi connectivity index (χ2n) is 4.05. The van der Waals surface area contributed by atoms with Crippen LogP contribution in [0, 0.1) is 0 Å². The van der Waals surface area contributed by atoms with Crippen molar-refractivity contribution in [2.75, 3.05) is 0 Å². The minimum absolute atomic E-state index is 0.0880. The van der Waals surface area contributed by atoms with Gasteiger partial charge in [-0.2, -0.15) is 0 Å². The van der Waals surface area contributed by atoms with Crippen molar-refractivity contribution in [3.8, 4) is 17.2 Å². The van der Waals surface area contributed by atoms with Crippen LogP contribution in [-0.2, 0) is 0 Å². The first kappa shape index (κ1) is 12.8. The van der Waals surface area contributed by atoms with Crippen LogP contribution in [0.1, 0.15) is 0 Å². The third kappa shape index (κ3) is 3.64. The van der Waals surface area contributed by atoms with Gasteiger partial charge in [0.1, 0.15) is 17.2 Å². The minimum Gasteiger partial charge on any atom is -0.508 e. The van der Waals surface area contributed by atoms with Crippen LogP contribution in [0.2, 0.25) is 0 Å². The molecule has 3 rings (SSSR count). The molecule has 0 unspecified atom stereocenters. The van der Waals surface area contributed by atoms with Crippen molar-refractivity contribution in [3.05, 3.63) is 66.7 Å². The highest BCUT2D eigenvalue weighted by molar-refractivity contribution is 5.83. The molecule has 0 fully saturated rings. The second kappa shape index (κ2) is 5.78. The molecule has 0 bridgehead atoms. The molecule has 3 aromatic carbocycles. The number of fused-ring (bicyclic) bond motifs is 1. The molecule has 0 spiro atoms. The molecule has 0 aliphatic heterocycles. The maximum Gasteiger partial charge on any atom is 0.119 e. The van der Waals surface area contributed by atoms with Crippen LogP contribution in [0.4, 0.5) is 0 Å². The van der Waals surface area contributed by atoms with Crippen molar-refractivity contribution in [2.45, 2.75) is 0 Å². The molecular weight excluding hydrogens is 240 g/mol. The van der Waals surface area contributed by atoms with E-state index in [1.165, 1.54) is 18.2 Å². The number of hydrogen-bond acceptors (Lipinski definition) is 3. The average Bonchev–Trinajstić information content (AvgIpc) is 2.39. The molecule has 0 saturated heterocycles. The highest BCUT2D eigenvalue weighted by atomic mass is 16.3. The number of phenols is 3. The van der Waals surface area contributed by atoms with Gasteiger partial charge >= 0.3 is 0 Å². The minimum atomic E-state index is 0.0880. The van der Waals surface area contributed by atoms with Crippen molar-refractivity contribution in [2.24, 2.45) is 0 Å². The van der Waals surface area contributed by atoms with Crippen LogP contribution in [-0.4, -0.2) is 15.3 Å². The van der Waals surface area contributed by atoms with Gasteiger partial charge in [0.25, 0.3) is 0 Å². The Morgan fingerprint density at radius 3 is 1.63 bits per heavy atom. The fraction of sp³-hybridized carbons (Fsp3) is 0. The van der Waals surface area contributed by atoms with E-state index in [2.05, 4.69) is 0 Å². The maximum atomic E-state index is 9.13. The lowest BCUT2D eigenvalue weighted by molar-refractivity contribution is 0.450. The van der Waals surface area contributed by atoms with Crippen LogP contribution in [0.3, 0.4) is 0 Å². The molecule has 0 aliphatic carbocycles. The molecular formula is C16H14O3. The molecule has 0 aliphatic rings. The Morgan fingerprint density at radius 2 is 1.05 bits per heavy atom. The van der Waals surface area contributed by atoms with Crippen molar-refractivity contribution in [1.82, 2.24) is 0 Å². The summed E-state index contributed by atoms with van der Waals surface area (Å²) in [5.74, 6) is 0.499. The summed E-state index contributed by atoms with van der Waals surface area (Å²) < 4.78 is 0. The number of hydrogen-bond donors (Lipinski definition) is 3. The van der Waals surface area contributed by atoms with E-state index >= 15 is 0 Å². The third-order valence-electron chi connectivity index (χ3n) is 2.56. The summed E-state index contributed by atoms with van der Waals surface area (Å²) in [5.41, 5.74) is 0. The van der Waals surface area contributed by atoms with Gasteiger partial charge in [0.2, 0.25) is 0 Å². The smallest absolute Gasteiger partial charge is 0.119 e. The summed E-state index contributed by atoms with van der Waals surface area (Å²) in [7, 11) is 0. The van der Waals surface area contributed by atoms with E-state index in [1.54, 1.807) is 18.2 Å². The molecule has 0 radical (unpaired) electrons. The van der Waals surface area contributed by atoms with Crippen molar-refractivity contribution in [3.63, 3.8) is 0 Å². The highest BCUT2D eigenvalue weighted by Gasteiger charge is 1.91. The monoisotopic (exact) mass is 254 g/mol. The lowest BCUT2D eigenvalue weighted by atomic mass is 10.1. The lowest BCUT2D eigenvalue weighted by Gasteiger charge is -1.96. The first-order chi connectivity index (χ1) is 9.15. The molecule has 3 aromatic rings. The van der Waals surface area contributed by atoms with Gasteiger partial charge in [0, 0.05) is 6.07 Å². The van der Waals surface area contributed by atoms with Crippen LogP contribution in [0.15, 0.2) is 66.7 Å². The van der Waals surface area contributed by atoms with E-state index in [4.69, 9.17) is 15.3 Å². The Morgan fingerprint density at radius 1 is 0.474 bits per heavy atom. The van der Waals surface area contributed by atoms with Crippen molar-refractivity contribution in [1.29, 1.82) is 0 Å². The Kier molecular flexibility index (Phi) is 3.88. The Bertz CT molecular complexity index is 660. The average molecular weight is 254 g/mol. The molecule has 3 nitrogen and oxygen atoms in total. The van der Waals surface area contributed by atoms with E-state index in [0.717, 1.165) is 10.8 Å². The number of phenolic OH excluding ortho intramolecular Hbond substituents is 3. The first-order valence-corrected chi connectivity index (χ1v) is 5.81. The number of benzene rings is 3. The van der Waals surface area contributed by atoms with Gasteiger partial charge in [-0.3, -0.25) is 0 Å². The maximum absolute atomic E-state index is 9.13. The summed E-state index contributed by atoms with van der Waals surface area (Å²) in [6.07, 6.45) is 0. The lowest BCUT2D eigenvalue weighted by Crippen LogP contribution is -1.69. The normalized spacial score (nSPS) is 9.68. The molecule has 0 amide bonds. The number of aromatic hydroxyl groups is 3. The van der Waals surface area contributed by atoms with E-state index in [9.17, 15) is 0 Å². The number of rotatable bonds is 0. The molecule has 19 heavy (non-hydrogen) atoms. The zero-order valence-corrected chi connectivity index (χ0v) is 10.2. The molecule has 96 valence electrons. The van der Waals surface area contributed by atoms with Crippen LogP contribution in [0.25, 0.3) is 10.8 Å². The summed E-state index contributed by atoms with van der Waals surface area (Å²) >= 11 is 0. The van der Waals surface area contributed by atoms with Gasteiger partial charge in [-0.25, -0.2) is 0 Å². The SMILES string of the molecule is Oc1ccc2ccccc2c1.Oc1cccc(O)c1. The Balaban J connectivity index is 0.000000148. The van der Waals surface area contributed by atoms with Gasteiger partial charge in [-0.1, -0.05) is 36.4 Å². The highest BCUT2D eigenvalue weighted by Crippen LogP contribution is 2.18. The van der Waals surface area contributed by atoms with Crippen molar-refractivity contribution < 1.29 is 15.3 Å². The Labute approximate surface area is 111 Å². The van der Waals surface area contributed by atoms with Crippen LogP contribution in [0.5, 0.6) is 17.2 Å². The molecule has 3 N–H and O–H groups in total. The topological polar surface area (TPSA) is 60.7 Å². The second-order valence-corrected chi connectivity index (χ2v) is 4.05. The largest absolute Gasteiger partial charge is 0.508 e. The summed E-state index contributed by atoms with van der Waals surface area (Å²) in [6.45, 7) is 0. The van der Waals surface area contributed by atoms with Gasteiger partial charge in [0.15, 0.2) is 0 Å². The van der Waals surface area contributed by atoms with Gasteiger partial charge in [-0.15, -0.1) is 0 Å². The van der Waals surface area contributed by atoms with E-state index in [-0.39, 0.29) is 11.5 Å².